The lowest BCUT2D eigenvalue weighted by atomic mass is 10.1. The summed E-state index contributed by atoms with van der Waals surface area (Å²) in [7, 11) is 0. The molecule has 130 valence electrons. The normalized spacial score (nSPS) is 11.3. The van der Waals surface area contributed by atoms with Gasteiger partial charge < -0.3 is 9.47 Å². The van der Waals surface area contributed by atoms with Crippen LogP contribution in [-0.2, 0) is 17.9 Å². The molecule has 0 radical (unpaired) electrons. The summed E-state index contributed by atoms with van der Waals surface area (Å²) in [5, 5.41) is 0. The van der Waals surface area contributed by atoms with E-state index in [9.17, 15) is 9.18 Å². The number of aromatic nitrogens is 1. The molecule has 4 heteroatoms. The van der Waals surface area contributed by atoms with E-state index in [2.05, 4.69) is 18.4 Å². The third-order valence-electron chi connectivity index (χ3n) is 3.91. The molecule has 2 aromatic rings. The molecule has 0 saturated carbocycles. The smallest absolute Gasteiger partial charge is 0.225 e. The molecule has 3 nitrogen and oxygen atoms in total. The first-order chi connectivity index (χ1) is 11.4. The second-order valence-corrected chi connectivity index (χ2v) is 7.02. The van der Waals surface area contributed by atoms with Crippen LogP contribution in [0.15, 0.2) is 42.6 Å². The van der Waals surface area contributed by atoms with Crippen molar-refractivity contribution >= 4 is 5.91 Å². The third kappa shape index (κ3) is 4.95. The highest BCUT2D eigenvalue weighted by Gasteiger charge is 2.19. The number of hydrogen-bond donors (Lipinski definition) is 0. The van der Waals surface area contributed by atoms with Crippen LogP contribution in [0.2, 0.25) is 0 Å². The van der Waals surface area contributed by atoms with Crippen LogP contribution in [0.3, 0.4) is 0 Å². The maximum atomic E-state index is 13.4. The monoisotopic (exact) mass is 330 g/mol. The van der Waals surface area contributed by atoms with Crippen LogP contribution in [0.4, 0.5) is 4.39 Å². The van der Waals surface area contributed by atoms with E-state index in [0.29, 0.717) is 19.0 Å². The van der Waals surface area contributed by atoms with Gasteiger partial charge in [-0.2, -0.15) is 0 Å². The predicted molar refractivity (Wildman–Crippen MR) is 95.0 cm³/mol. The number of benzene rings is 1. The van der Waals surface area contributed by atoms with Crippen molar-refractivity contribution in [1.29, 1.82) is 0 Å². The largest absolute Gasteiger partial charge is 0.345 e. The maximum absolute atomic E-state index is 13.4. The van der Waals surface area contributed by atoms with Gasteiger partial charge in [0.1, 0.15) is 5.82 Å². The van der Waals surface area contributed by atoms with Crippen LogP contribution in [0.5, 0.6) is 0 Å². The zero-order chi connectivity index (χ0) is 17.7. The van der Waals surface area contributed by atoms with E-state index in [1.165, 1.54) is 6.07 Å². The van der Waals surface area contributed by atoms with E-state index in [-0.39, 0.29) is 17.6 Å². The fraction of sp³-hybridized carbons (Fsp3) is 0.450. The number of hydrogen-bond acceptors (Lipinski definition) is 1. The molecular formula is C20H27FN2O. The fourth-order valence-corrected chi connectivity index (χ4v) is 2.81. The van der Waals surface area contributed by atoms with E-state index in [0.717, 1.165) is 17.8 Å². The summed E-state index contributed by atoms with van der Waals surface area (Å²) in [6.07, 6.45) is 1.98. The molecule has 1 aromatic carbocycles. The molecule has 0 bridgehead atoms. The molecule has 1 heterocycles. The van der Waals surface area contributed by atoms with Crippen LogP contribution >= 0.6 is 0 Å². The van der Waals surface area contributed by atoms with Gasteiger partial charge in [0.2, 0.25) is 5.91 Å². The molecule has 0 aliphatic rings. The number of halogens is 1. The quantitative estimate of drug-likeness (QED) is 0.742. The van der Waals surface area contributed by atoms with Crippen molar-refractivity contribution in [2.24, 2.45) is 11.8 Å². The molecule has 0 unspecified atom stereocenters. The van der Waals surface area contributed by atoms with Crippen LogP contribution < -0.4 is 0 Å². The minimum absolute atomic E-state index is 0.0182. The van der Waals surface area contributed by atoms with Crippen LogP contribution in [0, 0.1) is 17.7 Å². The second kappa shape index (κ2) is 8.13. The summed E-state index contributed by atoms with van der Waals surface area (Å²) in [5.41, 5.74) is 1.98. The van der Waals surface area contributed by atoms with Crippen molar-refractivity contribution in [3.05, 3.63) is 59.7 Å². The Morgan fingerprint density at radius 3 is 2.54 bits per heavy atom. The molecule has 0 aliphatic carbocycles. The summed E-state index contributed by atoms with van der Waals surface area (Å²) in [6, 6.07) is 10.6. The van der Waals surface area contributed by atoms with Crippen molar-refractivity contribution < 1.29 is 9.18 Å². The minimum atomic E-state index is -0.224. The number of nitrogens with zero attached hydrogens (tertiary/aromatic N) is 2. The van der Waals surface area contributed by atoms with Crippen LogP contribution in [0.1, 0.15) is 39.0 Å². The average molecular weight is 330 g/mol. The number of carbonyl (C=O) groups is 1. The highest BCUT2D eigenvalue weighted by atomic mass is 19.1. The lowest BCUT2D eigenvalue weighted by Crippen LogP contribution is -2.37. The van der Waals surface area contributed by atoms with Gasteiger partial charge in [-0.05, 0) is 35.7 Å². The zero-order valence-electron chi connectivity index (χ0n) is 15.0. The van der Waals surface area contributed by atoms with Gasteiger partial charge in [-0.1, -0.05) is 39.8 Å². The van der Waals surface area contributed by atoms with Crippen molar-refractivity contribution in [3.63, 3.8) is 0 Å². The number of amides is 1. The van der Waals surface area contributed by atoms with Gasteiger partial charge in [0.05, 0.1) is 6.54 Å². The van der Waals surface area contributed by atoms with Gasteiger partial charge in [0.15, 0.2) is 0 Å². The van der Waals surface area contributed by atoms with E-state index in [4.69, 9.17) is 0 Å². The summed E-state index contributed by atoms with van der Waals surface area (Å²) in [4.78, 5) is 14.4. The first kappa shape index (κ1) is 18.2. The van der Waals surface area contributed by atoms with Gasteiger partial charge in [-0.25, -0.2) is 4.39 Å². The third-order valence-corrected chi connectivity index (χ3v) is 3.91. The Labute approximate surface area is 144 Å². The Balaban J connectivity index is 2.16. The molecule has 2 rings (SSSR count). The summed E-state index contributed by atoms with van der Waals surface area (Å²) < 4.78 is 15.5. The second-order valence-electron chi connectivity index (χ2n) is 7.02. The Hall–Kier alpha value is -2.10. The zero-order valence-corrected chi connectivity index (χ0v) is 15.0. The molecule has 0 spiro atoms. The molecule has 0 atom stereocenters. The summed E-state index contributed by atoms with van der Waals surface area (Å²) >= 11 is 0. The molecule has 0 N–H and O–H groups in total. The lowest BCUT2D eigenvalue weighted by molar-refractivity contribution is -0.135. The molecular weight excluding hydrogens is 303 g/mol. The first-order valence-electron chi connectivity index (χ1n) is 8.54. The van der Waals surface area contributed by atoms with Gasteiger partial charge in [-0.3, -0.25) is 4.79 Å². The van der Waals surface area contributed by atoms with E-state index >= 15 is 0 Å². The highest BCUT2D eigenvalue weighted by Crippen LogP contribution is 2.14. The van der Waals surface area contributed by atoms with E-state index in [1.807, 2.05) is 43.1 Å². The Kier molecular flexibility index (Phi) is 6.18. The maximum Gasteiger partial charge on any atom is 0.225 e. The van der Waals surface area contributed by atoms with Gasteiger partial charge in [0, 0.05) is 30.9 Å². The SMILES string of the molecule is CC(C)CN(Cc1cccn1Cc1cccc(F)c1)C(=O)C(C)C. The van der Waals surface area contributed by atoms with Crippen molar-refractivity contribution in [3.8, 4) is 0 Å². The number of rotatable bonds is 7. The topological polar surface area (TPSA) is 25.2 Å². The highest BCUT2D eigenvalue weighted by molar-refractivity contribution is 5.78. The Bertz CT molecular complexity index is 676. The predicted octanol–water partition coefficient (Wildman–Crippen LogP) is 4.32. The number of carbonyl (C=O) groups excluding carboxylic acids is 1. The first-order valence-corrected chi connectivity index (χ1v) is 8.54. The van der Waals surface area contributed by atoms with E-state index in [1.54, 1.807) is 12.1 Å². The summed E-state index contributed by atoms with van der Waals surface area (Å²) in [6.45, 7) is 10.0. The fourth-order valence-electron chi connectivity index (χ4n) is 2.81. The molecule has 1 aromatic heterocycles. The molecule has 24 heavy (non-hydrogen) atoms. The van der Waals surface area contributed by atoms with Crippen molar-refractivity contribution in [2.45, 2.75) is 40.8 Å². The van der Waals surface area contributed by atoms with Gasteiger partial charge >= 0.3 is 0 Å². The van der Waals surface area contributed by atoms with Crippen molar-refractivity contribution in [1.82, 2.24) is 9.47 Å². The molecule has 1 amide bonds. The molecule has 0 fully saturated rings. The van der Waals surface area contributed by atoms with Gasteiger partial charge in [-0.15, -0.1) is 0 Å². The van der Waals surface area contributed by atoms with E-state index < -0.39 is 0 Å². The average Bonchev–Trinajstić information content (AvgIpc) is 2.92. The molecule has 0 saturated heterocycles. The van der Waals surface area contributed by atoms with Gasteiger partial charge in [0.25, 0.3) is 0 Å². The standard InChI is InChI=1S/C20H27FN2O/c1-15(2)12-23(20(24)16(3)4)14-19-9-6-10-22(19)13-17-7-5-8-18(21)11-17/h5-11,15-16H,12-14H2,1-4H3. The lowest BCUT2D eigenvalue weighted by Gasteiger charge is -2.27. The Morgan fingerprint density at radius 1 is 1.17 bits per heavy atom. The Morgan fingerprint density at radius 2 is 1.92 bits per heavy atom. The van der Waals surface area contributed by atoms with Crippen LogP contribution in [0.25, 0.3) is 0 Å². The minimum Gasteiger partial charge on any atom is -0.345 e. The summed E-state index contributed by atoms with van der Waals surface area (Å²) in [5.74, 6) is 0.342. The van der Waals surface area contributed by atoms with Crippen LogP contribution in [-0.4, -0.2) is 21.9 Å². The van der Waals surface area contributed by atoms with Crippen molar-refractivity contribution in [2.75, 3.05) is 6.54 Å². The molecule has 0 aliphatic heterocycles.